The van der Waals surface area contributed by atoms with Crippen molar-refractivity contribution < 1.29 is 18.9 Å². The van der Waals surface area contributed by atoms with Crippen LogP contribution < -0.4 is 9.47 Å². The van der Waals surface area contributed by atoms with Gasteiger partial charge in [0, 0.05) is 10.8 Å². The van der Waals surface area contributed by atoms with Crippen LogP contribution in [0.3, 0.4) is 0 Å². The molecule has 0 radical (unpaired) electrons. The van der Waals surface area contributed by atoms with Crippen molar-refractivity contribution >= 4 is 0 Å². The van der Waals surface area contributed by atoms with Gasteiger partial charge >= 0.3 is 0 Å². The molecule has 0 spiro atoms. The first kappa shape index (κ1) is 32.2. The maximum Gasteiger partial charge on any atom is 0.119 e. The van der Waals surface area contributed by atoms with Crippen LogP contribution in [0.4, 0.5) is 0 Å². The van der Waals surface area contributed by atoms with Gasteiger partial charge in [-0.15, -0.1) is 0 Å². The van der Waals surface area contributed by atoms with Crippen molar-refractivity contribution in [3.63, 3.8) is 0 Å². The number of hydrogen-bond acceptors (Lipinski definition) is 4. The molecule has 0 amide bonds. The Labute approximate surface area is 276 Å². The van der Waals surface area contributed by atoms with Crippen LogP contribution >= 0.6 is 0 Å². The van der Waals surface area contributed by atoms with Gasteiger partial charge in [0.15, 0.2) is 0 Å². The quantitative estimate of drug-likeness (QED) is 0.139. The summed E-state index contributed by atoms with van der Waals surface area (Å²) >= 11 is 0. The van der Waals surface area contributed by atoms with Gasteiger partial charge in [-0.05, 0) is 122 Å². The Bertz CT molecular complexity index is 1460. The molecule has 1 aliphatic heterocycles. The third-order valence-electron chi connectivity index (χ3n) is 10.0. The summed E-state index contributed by atoms with van der Waals surface area (Å²) in [5.41, 5.74) is 5.24. The number of hydrogen-bond donors (Lipinski definition) is 0. The minimum Gasteiger partial charge on any atom is -0.494 e. The molecule has 3 aliphatic carbocycles. The zero-order chi connectivity index (χ0) is 32.1. The summed E-state index contributed by atoms with van der Waals surface area (Å²) in [5.74, 6) is 4.22. The van der Waals surface area contributed by atoms with E-state index in [-0.39, 0.29) is 11.5 Å². The zero-order valence-corrected chi connectivity index (χ0v) is 28.1. The fraction of sp³-hybridized carbons (Fsp3) is 0.429. The molecular weight excluding hydrogens is 568 g/mol. The molecule has 0 bridgehead atoms. The monoisotopic (exact) mass is 618 g/mol. The van der Waals surface area contributed by atoms with Gasteiger partial charge in [0.25, 0.3) is 0 Å². The van der Waals surface area contributed by atoms with Crippen LogP contribution in [0.15, 0.2) is 120 Å². The second-order valence-corrected chi connectivity index (χ2v) is 14.0. The second kappa shape index (κ2) is 13.9. The van der Waals surface area contributed by atoms with Gasteiger partial charge < -0.3 is 18.9 Å². The van der Waals surface area contributed by atoms with Crippen LogP contribution in [-0.2, 0) is 14.9 Å². The largest absolute Gasteiger partial charge is 0.494 e. The molecular formula is C42H50O4. The Hall–Kier alpha value is -3.76. The Morgan fingerprint density at radius 2 is 1.35 bits per heavy atom. The van der Waals surface area contributed by atoms with Gasteiger partial charge in [0.1, 0.15) is 30.0 Å². The lowest BCUT2D eigenvalue weighted by atomic mass is 9.69. The fourth-order valence-electron chi connectivity index (χ4n) is 5.94. The number of allylic oxidation sites excluding steroid dienone is 10. The molecule has 2 unspecified atom stereocenters. The van der Waals surface area contributed by atoms with Crippen molar-refractivity contribution in [2.24, 2.45) is 17.3 Å². The van der Waals surface area contributed by atoms with Crippen molar-refractivity contribution in [2.75, 3.05) is 26.4 Å². The molecule has 2 atom stereocenters. The standard InChI is InChI=1S/C42H50O4/c1-6-33(15-10-30(2)41(3,4)34-8-7-9-37(21-16-34)43-26-31-11-12-31)42(5,35-17-22-38(23-18-35)44-27-32-13-14-32)36-19-24-39(25-20-36)45-28-40-29-46-40/h6,8-10,15-25,31-32,40H,2,7,11-14,26-29H2,1,3-5H3/b15-10-,33-6+. The summed E-state index contributed by atoms with van der Waals surface area (Å²) in [6.07, 6.45) is 21.7. The van der Waals surface area contributed by atoms with E-state index in [0.29, 0.717) is 6.61 Å². The third kappa shape index (κ3) is 7.96. The maximum absolute atomic E-state index is 6.08. The normalized spacial score (nSPS) is 21.2. The molecule has 1 heterocycles. The van der Waals surface area contributed by atoms with E-state index in [1.165, 1.54) is 48.0 Å². The molecule has 0 aromatic heterocycles. The minimum atomic E-state index is -0.415. The first-order valence-electron chi connectivity index (χ1n) is 17.1. The molecule has 2 aromatic rings. The van der Waals surface area contributed by atoms with Crippen molar-refractivity contribution in [2.45, 2.75) is 71.3 Å². The lowest BCUT2D eigenvalue weighted by Gasteiger charge is -2.34. The molecule has 6 rings (SSSR count). The van der Waals surface area contributed by atoms with Crippen molar-refractivity contribution in [1.29, 1.82) is 0 Å². The predicted octanol–water partition coefficient (Wildman–Crippen LogP) is 9.84. The highest BCUT2D eigenvalue weighted by molar-refractivity contribution is 5.54. The predicted molar refractivity (Wildman–Crippen MR) is 187 cm³/mol. The number of rotatable bonds is 16. The van der Waals surface area contributed by atoms with Crippen molar-refractivity contribution in [3.05, 3.63) is 131 Å². The van der Waals surface area contributed by atoms with E-state index in [2.05, 4.69) is 125 Å². The van der Waals surface area contributed by atoms with E-state index in [0.717, 1.165) is 60.9 Å². The van der Waals surface area contributed by atoms with Crippen LogP contribution in [-0.4, -0.2) is 32.5 Å². The highest BCUT2D eigenvalue weighted by Gasteiger charge is 2.33. The van der Waals surface area contributed by atoms with Crippen LogP contribution in [0.5, 0.6) is 11.5 Å². The maximum atomic E-state index is 6.08. The van der Waals surface area contributed by atoms with E-state index in [1.807, 2.05) is 0 Å². The van der Waals surface area contributed by atoms with Crippen LogP contribution in [0.25, 0.3) is 0 Å². The molecule has 2 aromatic carbocycles. The minimum absolute atomic E-state index is 0.228. The number of epoxide rings is 1. The third-order valence-corrected chi connectivity index (χ3v) is 10.0. The highest BCUT2D eigenvalue weighted by Crippen LogP contribution is 2.43. The lowest BCUT2D eigenvalue weighted by Crippen LogP contribution is -2.26. The average Bonchev–Trinajstić information content (AvgIpc) is 3.91. The smallest absolute Gasteiger partial charge is 0.119 e. The van der Waals surface area contributed by atoms with E-state index < -0.39 is 5.41 Å². The van der Waals surface area contributed by atoms with Crippen LogP contribution in [0.2, 0.25) is 0 Å². The first-order chi connectivity index (χ1) is 22.3. The van der Waals surface area contributed by atoms with E-state index in [4.69, 9.17) is 18.9 Å². The molecule has 4 aliphatic rings. The van der Waals surface area contributed by atoms with Gasteiger partial charge in [0.2, 0.25) is 0 Å². The molecule has 2 saturated carbocycles. The average molecular weight is 619 g/mol. The molecule has 4 heteroatoms. The summed E-state index contributed by atoms with van der Waals surface area (Å²) in [4.78, 5) is 0. The summed E-state index contributed by atoms with van der Waals surface area (Å²) in [6.45, 7) is 16.5. The topological polar surface area (TPSA) is 40.2 Å². The molecule has 46 heavy (non-hydrogen) atoms. The summed E-state index contributed by atoms with van der Waals surface area (Å²) in [7, 11) is 0. The molecule has 1 saturated heterocycles. The summed E-state index contributed by atoms with van der Waals surface area (Å²) in [6, 6.07) is 17.2. The van der Waals surface area contributed by atoms with Gasteiger partial charge in [-0.3, -0.25) is 0 Å². The molecule has 242 valence electrons. The SMILES string of the molecule is C=C(/C=C\C(=C/C)C(C)(c1ccc(OCC2CC2)cc1)c1ccc(OCC2CO2)cc1)C(C)(C)C1=CCC=C(OCC2CC2)C=C1. The fourth-order valence-corrected chi connectivity index (χ4v) is 5.94. The van der Waals surface area contributed by atoms with Gasteiger partial charge in [-0.2, -0.15) is 0 Å². The van der Waals surface area contributed by atoms with Crippen molar-refractivity contribution in [1.82, 2.24) is 0 Å². The Morgan fingerprint density at radius 1 is 0.783 bits per heavy atom. The van der Waals surface area contributed by atoms with E-state index in [9.17, 15) is 0 Å². The Kier molecular flexibility index (Phi) is 9.75. The zero-order valence-electron chi connectivity index (χ0n) is 28.1. The lowest BCUT2D eigenvalue weighted by molar-refractivity contribution is 0.210. The van der Waals surface area contributed by atoms with Crippen LogP contribution in [0.1, 0.15) is 70.9 Å². The summed E-state index contributed by atoms with van der Waals surface area (Å²) in [5, 5.41) is 0. The van der Waals surface area contributed by atoms with Crippen LogP contribution in [0, 0.1) is 17.3 Å². The molecule has 4 nitrogen and oxygen atoms in total. The molecule has 3 fully saturated rings. The number of ether oxygens (including phenoxy) is 4. The van der Waals surface area contributed by atoms with Crippen molar-refractivity contribution in [3.8, 4) is 11.5 Å². The second-order valence-electron chi connectivity index (χ2n) is 14.0. The van der Waals surface area contributed by atoms with E-state index in [1.54, 1.807) is 0 Å². The number of benzene rings is 2. The van der Waals surface area contributed by atoms with E-state index >= 15 is 0 Å². The Morgan fingerprint density at radius 3 is 1.89 bits per heavy atom. The van der Waals surface area contributed by atoms with Gasteiger partial charge in [-0.25, -0.2) is 0 Å². The van der Waals surface area contributed by atoms with Gasteiger partial charge in [0.05, 0.1) is 19.8 Å². The van der Waals surface area contributed by atoms with Gasteiger partial charge in [-0.1, -0.05) is 75.1 Å². The summed E-state index contributed by atoms with van der Waals surface area (Å²) < 4.78 is 23.4. The highest BCUT2D eigenvalue weighted by atomic mass is 16.6. The molecule has 0 N–H and O–H groups in total. The Balaban J connectivity index is 1.22. The first-order valence-corrected chi connectivity index (χ1v) is 17.1.